The molecule has 2 aromatic rings. The maximum atomic E-state index is 12.9. The maximum absolute atomic E-state index is 12.9. The van der Waals surface area contributed by atoms with E-state index in [0.29, 0.717) is 23.0 Å². The Hall–Kier alpha value is -2.04. The van der Waals surface area contributed by atoms with Gasteiger partial charge in [0.25, 0.3) is 5.91 Å². The van der Waals surface area contributed by atoms with E-state index >= 15 is 0 Å². The second kappa shape index (κ2) is 5.87. The molecule has 0 bridgehead atoms. The number of carbonyl (C=O) groups excluding carboxylic acids is 1. The Labute approximate surface area is 139 Å². The molecule has 2 aliphatic heterocycles. The van der Waals surface area contributed by atoms with E-state index in [9.17, 15) is 4.79 Å². The van der Waals surface area contributed by atoms with Crippen molar-refractivity contribution < 1.29 is 9.21 Å². The average Bonchev–Trinajstić information content (AvgIpc) is 3.27. The Morgan fingerprint density at radius 2 is 2.04 bits per heavy atom. The average molecular weight is 329 g/mol. The highest BCUT2D eigenvalue weighted by Gasteiger charge is 2.34. The van der Waals surface area contributed by atoms with Gasteiger partial charge in [0.2, 0.25) is 0 Å². The van der Waals surface area contributed by atoms with Crippen LogP contribution in [0.1, 0.15) is 24.2 Å². The molecule has 4 nitrogen and oxygen atoms in total. The molecule has 23 heavy (non-hydrogen) atoms. The molecule has 0 unspecified atom stereocenters. The van der Waals surface area contributed by atoms with Gasteiger partial charge in [-0.2, -0.15) is 0 Å². The lowest BCUT2D eigenvalue weighted by Crippen LogP contribution is -2.38. The van der Waals surface area contributed by atoms with Crippen LogP contribution < -0.4 is 4.90 Å². The quantitative estimate of drug-likeness (QED) is 0.802. The van der Waals surface area contributed by atoms with Crippen molar-refractivity contribution in [3.63, 3.8) is 0 Å². The molecular weight excluding hydrogens is 312 g/mol. The van der Waals surface area contributed by atoms with Crippen LogP contribution in [-0.2, 0) is 4.79 Å². The van der Waals surface area contributed by atoms with Crippen LogP contribution in [-0.4, -0.2) is 30.6 Å². The first kappa shape index (κ1) is 14.5. The molecule has 1 amide bonds. The van der Waals surface area contributed by atoms with E-state index in [1.165, 1.54) is 12.8 Å². The highest BCUT2D eigenvalue weighted by Crippen LogP contribution is 2.39. The molecule has 1 fully saturated rings. The third kappa shape index (κ3) is 2.69. The second-order valence-electron chi connectivity index (χ2n) is 5.93. The number of furan rings is 1. The van der Waals surface area contributed by atoms with Crippen LogP contribution in [0.25, 0.3) is 11.6 Å². The molecule has 1 aromatic carbocycles. The molecule has 1 saturated heterocycles. The van der Waals surface area contributed by atoms with Crippen molar-refractivity contribution in [1.82, 2.24) is 4.90 Å². The first-order valence-electron chi connectivity index (χ1n) is 7.82. The predicted molar refractivity (Wildman–Crippen MR) is 91.2 cm³/mol. The third-order valence-corrected chi connectivity index (χ3v) is 4.62. The lowest BCUT2D eigenvalue weighted by Gasteiger charge is -2.24. The number of likely N-dealkylation sites (tertiary alicyclic amines) is 1. The lowest BCUT2D eigenvalue weighted by molar-refractivity contribution is -0.113. The summed E-state index contributed by atoms with van der Waals surface area (Å²) in [5.41, 5.74) is 2.45. The maximum Gasteiger partial charge on any atom is 0.260 e. The molecule has 0 saturated carbocycles. The number of anilines is 1. The minimum Gasteiger partial charge on any atom is -0.465 e. The zero-order chi connectivity index (χ0) is 15.8. The highest BCUT2D eigenvalue weighted by atomic mass is 35.5. The summed E-state index contributed by atoms with van der Waals surface area (Å²) in [5.74, 6) is 0.683. The Balaban J connectivity index is 1.74. The van der Waals surface area contributed by atoms with Gasteiger partial charge in [-0.15, -0.1) is 0 Å². The summed E-state index contributed by atoms with van der Waals surface area (Å²) in [6.07, 6.45) is 5.80. The Bertz CT molecular complexity index is 761. The van der Waals surface area contributed by atoms with Gasteiger partial charge >= 0.3 is 0 Å². The fraction of sp³-hybridized carbons (Fsp3) is 0.278. The second-order valence-corrected chi connectivity index (χ2v) is 6.37. The van der Waals surface area contributed by atoms with Crippen molar-refractivity contribution in [2.24, 2.45) is 0 Å². The van der Waals surface area contributed by atoms with E-state index < -0.39 is 0 Å². The number of rotatable bonds is 3. The Morgan fingerprint density at radius 1 is 1.22 bits per heavy atom. The molecule has 5 heteroatoms. The number of nitrogens with zero attached hydrogens (tertiary/aromatic N) is 2. The van der Waals surface area contributed by atoms with E-state index in [-0.39, 0.29) is 5.91 Å². The van der Waals surface area contributed by atoms with Crippen molar-refractivity contribution in [3.8, 4) is 0 Å². The fourth-order valence-corrected chi connectivity index (χ4v) is 3.41. The van der Waals surface area contributed by atoms with Gasteiger partial charge in [-0.3, -0.25) is 14.6 Å². The SMILES string of the molecule is O=C1C(=Cc2ccco2)c2ccc(Cl)cc2N1CN1CCCC1. The van der Waals surface area contributed by atoms with Crippen molar-refractivity contribution in [2.75, 3.05) is 24.7 Å². The molecule has 0 aliphatic carbocycles. The summed E-state index contributed by atoms with van der Waals surface area (Å²) in [4.78, 5) is 17.1. The van der Waals surface area contributed by atoms with E-state index in [1.54, 1.807) is 12.3 Å². The number of hydrogen-bond donors (Lipinski definition) is 0. The molecule has 0 N–H and O–H groups in total. The monoisotopic (exact) mass is 328 g/mol. The lowest BCUT2D eigenvalue weighted by atomic mass is 10.1. The molecule has 3 heterocycles. The number of carbonyl (C=O) groups is 1. The van der Waals surface area contributed by atoms with Gasteiger partial charge < -0.3 is 4.42 Å². The van der Waals surface area contributed by atoms with Gasteiger partial charge in [-0.1, -0.05) is 17.7 Å². The van der Waals surface area contributed by atoms with Crippen molar-refractivity contribution in [2.45, 2.75) is 12.8 Å². The number of fused-ring (bicyclic) bond motifs is 1. The first-order valence-corrected chi connectivity index (χ1v) is 8.19. The predicted octanol–water partition coefficient (Wildman–Crippen LogP) is 3.87. The number of amides is 1. The van der Waals surface area contributed by atoms with E-state index in [0.717, 1.165) is 24.3 Å². The molecule has 1 aromatic heterocycles. The highest BCUT2D eigenvalue weighted by molar-refractivity contribution is 6.37. The van der Waals surface area contributed by atoms with Gasteiger partial charge in [0, 0.05) is 10.6 Å². The van der Waals surface area contributed by atoms with Crippen LogP contribution in [0.3, 0.4) is 0 Å². The summed E-state index contributed by atoms with van der Waals surface area (Å²) in [6, 6.07) is 9.26. The summed E-state index contributed by atoms with van der Waals surface area (Å²) in [5, 5.41) is 0.641. The topological polar surface area (TPSA) is 36.7 Å². The van der Waals surface area contributed by atoms with E-state index in [1.807, 2.05) is 35.2 Å². The summed E-state index contributed by atoms with van der Waals surface area (Å²) < 4.78 is 5.37. The molecular formula is C18H17ClN2O2. The van der Waals surface area contributed by atoms with Gasteiger partial charge in [-0.05, 0) is 56.3 Å². The van der Waals surface area contributed by atoms with Crippen LogP contribution in [0, 0.1) is 0 Å². The van der Waals surface area contributed by atoms with Gasteiger partial charge in [0.1, 0.15) is 5.76 Å². The first-order chi connectivity index (χ1) is 11.2. The standard InChI is InChI=1S/C18H17ClN2O2/c19-13-5-6-15-16(11-14-4-3-9-23-14)18(22)21(17(15)10-13)12-20-7-1-2-8-20/h3-6,9-11H,1-2,7-8,12H2. The van der Waals surface area contributed by atoms with Crippen LogP contribution in [0.15, 0.2) is 41.0 Å². The van der Waals surface area contributed by atoms with Crippen LogP contribution in [0.4, 0.5) is 5.69 Å². The molecule has 118 valence electrons. The van der Waals surface area contributed by atoms with E-state index in [2.05, 4.69) is 4.90 Å². The van der Waals surface area contributed by atoms with Gasteiger partial charge in [0.15, 0.2) is 0 Å². The zero-order valence-electron chi connectivity index (χ0n) is 12.7. The minimum absolute atomic E-state index is 0.00515. The number of benzene rings is 1. The molecule has 0 radical (unpaired) electrons. The Kier molecular flexibility index (Phi) is 3.71. The van der Waals surface area contributed by atoms with E-state index in [4.69, 9.17) is 16.0 Å². The van der Waals surface area contributed by atoms with Crippen molar-refractivity contribution in [3.05, 3.63) is 52.9 Å². The van der Waals surface area contributed by atoms with Crippen molar-refractivity contribution in [1.29, 1.82) is 0 Å². The normalized spacial score (nSPS) is 19.8. The third-order valence-electron chi connectivity index (χ3n) is 4.39. The smallest absolute Gasteiger partial charge is 0.260 e. The fourth-order valence-electron chi connectivity index (χ4n) is 3.25. The van der Waals surface area contributed by atoms with Gasteiger partial charge in [-0.25, -0.2) is 0 Å². The Morgan fingerprint density at radius 3 is 2.78 bits per heavy atom. The molecule has 0 atom stereocenters. The number of halogens is 1. The summed E-state index contributed by atoms with van der Waals surface area (Å²) in [7, 11) is 0. The molecule has 4 rings (SSSR count). The zero-order valence-corrected chi connectivity index (χ0v) is 13.4. The summed E-state index contributed by atoms with van der Waals surface area (Å²) >= 11 is 6.15. The summed E-state index contributed by atoms with van der Waals surface area (Å²) in [6.45, 7) is 2.69. The number of hydrogen-bond acceptors (Lipinski definition) is 3. The van der Waals surface area contributed by atoms with Crippen LogP contribution >= 0.6 is 11.6 Å². The minimum atomic E-state index is 0.00515. The molecule has 2 aliphatic rings. The van der Waals surface area contributed by atoms with Crippen LogP contribution in [0.2, 0.25) is 5.02 Å². The molecule has 0 spiro atoms. The largest absolute Gasteiger partial charge is 0.465 e. The van der Waals surface area contributed by atoms with Crippen LogP contribution in [0.5, 0.6) is 0 Å². The van der Waals surface area contributed by atoms with Gasteiger partial charge in [0.05, 0.1) is 24.2 Å². The van der Waals surface area contributed by atoms with Crippen molar-refractivity contribution >= 4 is 34.8 Å².